The summed E-state index contributed by atoms with van der Waals surface area (Å²) in [4.78, 5) is 14.8. The molecular formula is C10H11N3O2. The SMILES string of the molecule is Cn1ccc2ncc(C(N)C(=O)O)cc21. The van der Waals surface area contributed by atoms with Crippen LogP contribution in [0, 0.1) is 0 Å². The Bertz CT molecular complexity index is 518. The van der Waals surface area contributed by atoms with E-state index in [1.807, 2.05) is 23.9 Å². The zero-order valence-electron chi connectivity index (χ0n) is 8.21. The predicted molar refractivity (Wildman–Crippen MR) is 55.3 cm³/mol. The Balaban J connectivity index is 2.54. The van der Waals surface area contributed by atoms with Crippen molar-refractivity contribution in [3.05, 3.63) is 30.1 Å². The second-order valence-corrected chi connectivity index (χ2v) is 3.42. The Morgan fingerprint density at radius 1 is 1.67 bits per heavy atom. The van der Waals surface area contributed by atoms with E-state index in [9.17, 15) is 4.79 Å². The van der Waals surface area contributed by atoms with Gasteiger partial charge in [-0.1, -0.05) is 0 Å². The molecule has 0 aliphatic carbocycles. The number of fused-ring (bicyclic) bond motifs is 1. The van der Waals surface area contributed by atoms with E-state index in [0.717, 1.165) is 11.0 Å². The fourth-order valence-corrected chi connectivity index (χ4v) is 1.47. The first-order valence-electron chi connectivity index (χ1n) is 4.49. The first kappa shape index (κ1) is 9.67. The van der Waals surface area contributed by atoms with Gasteiger partial charge in [0, 0.05) is 25.0 Å². The molecule has 1 unspecified atom stereocenters. The quantitative estimate of drug-likeness (QED) is 0.754. The van der Waals surface area contributed by atoms with Crippen molar-refractivity contribution in [3.63, 3.8) is 0 Å². The third-order valence-electron chi connectivity index (χ3n) is 2.38. The van der Waals surface area contributed by atoms with Crippen LogP contribution in [0.5, 0.6) is 0 Å². The second kappa shape index (κ2) is 3.36. The molecule has 0 radical (unpaired) electrons. The maximum absolute atomic E-state index is 10.7. The molecule has 0 aromatic carbocycles. The molecule has 1 atom stereocenters. The van der Waals surface area contributed by atoms with Crippen LogP contribution in [-0.2, 0) is 11.8 Å². The molecule has 3 N–H and O–H groups in total. The highest BCUT2D eigenvalue weighted by atomic mass is 16.4. The molecule has 5 nitrogen and oxygen atoms in total. The lowest BCUT2D eigenvalue weighted by atomic mass is 10.1. The van der Waals surface area contributed by atoms with Crippen molar-refractivity contribution in [1.29, 1.82) is 0 Å². The van der Waals surface area contributed by atoms with Crippen LogP contribution in [0.25, 0.3) is 11.0 Å². The number of aliphatic carboxylic acids is 1. The molecule has 2 aromatic heterocycles. The predicted octanol–water partition coefficient (Wildman–Crippen LogP) is 0.658. The summed E-state index contributed by atoms with van der Waals surface area (Å²) in [5.41, 5.74) is 7.72. The summed E-state index contributed by atoms with van der Waals surface area (Å²) >= 11 is 0. The van der Waals surface area contributed by atoms with E-state index in [1.54, 1.807) is 6.07 Å². The molecule has 0 aliphatic heterocycles. The van der Waals surface area contributed by atoms with E-state index in [2.05, 4.69) is 4.98 Å². The summed E-state index contributed by atoms with van der Waals surface area (Å²) in [5.74, 6) is -1.05. The molecule has 0 fully saturated rings. The second-order valence-electron chi connectivity index (χ2n) is 3.42. The largest absolute Gasteiger partial charge is 0.480 e. The molecule has 2 heterocycles. The number of hydrogen-bond donors (Lipinski definition) is 2. The van der Waals surface area contributed by atoms with Crippen LogP contribution in [0.1, 0.15) is 11.6 Å². The topological polar surface area (TPSA) is 81.1 Å². The van der Waals surface area contributed by atoms with Gasteiger partial charge in [-0.05, 0) is 12.1 Å². The van der Waals surface area contributed by atoms with Crippen molar-refractivity contribution in [3.8, 4) is 0 Å². The molecule has 78 valence electrons. The molecule has 2 aromatic rings. The van der Waals surface area contributed by atoms with E-state index < -0.39 is 12.0 Å². The molecule has 0 saturated carbocycles. The number of pyridine rings is 1. The van der Waals surface area contributed by atoms with Crippen LogP contribution in [0.2, 0.25) is 0 Å². The fourth-order valence-electron chi connectivity index (χ4n) is 1.47. The number of rotatable bonds is 2. The van der Waals surface area contributed by atoms with Crippen molar-refractivity contribution in [2.24, 2.45) is 12.8 Å². The number of nitrogens with two attached hydrogens (primary N) is 1. The van der Waals surface area contributed by atoms with Crippen molar-refractivity contribution in [2.75, 3.05) is 0 Å². The van der Waals surface area contributed by atoms with Crippen LogP contribution in [0.3, 0.4) is 0 Å². The summed E-state index contributed by atoms with van der Waals surface area (Å²) < 4.78 is 1.88. The zero-order chi connectivity index (χ0) is 11.0. The minimum absolute atomic E-state index is 0.511. The van der Waals surface area contributed by atoms with E-state index in [0.29, 0.717) is 5.56 Å². The molecule has 15 heavy (non-hydrogen) atoms. The van der Waals surface area contributed by atoms with Crippen LogP contribution >= 0.6 is 0 Å². The lowest BCUT2D eigenvalue weighted by Crippen LogP contribution is -2.20. The van der Waals surface area contributed by atoms with Crippen molar-refractivity contribution in [1.82, 2.24) is 9.55 Å². The van der Waals surface area contributed by atoms with Gasteiger partial charge in [0.1, 0.15) is 6.04 Å². The van der Waals surface area contributed by atoms with Gasteiger partial charge < -0.3 is 15.4 Å². The molecule has 0 bridgehead atoms. The van der Waals surface area contributed by atoms with E-state index in [1.165, 1.54) is 6.20 Å². The number of carboxylic acid groups (broad SMARTS) is 1. The third kappa shape index (κ3) is 1.57. The van der Waals surface area contributed by atoms with Gasteiger partial charge in [-0.3, -0.25) is 9.78 Å². The van der Waals surface area contributed by atoms with Gasteiger partial charge in [0.2, 0.25) is 0 Å². The Morgan fingerprint density at radius 3 is 3.07 bits per heavy atom. The first-order chi connectivity index (χ1) is 7.09. The van der Waals surface area contributed by atoms with Gasteiger partial charge in [0.15, 0.2) is 0 Å². The van der Waals surface area contributed by atoms with Crippen LogP contribution in [0.4, 0.5) is 0 Å². The lowest BCUT2D eigenvalue weighted by molar-refractivity contribution is -0.138. The van der Waals surface area contributed by atoms with Gasteiger partial charge in [0.05, 0.1) is 11.0 Å². The Morgan fingerprint density at radius 2 is 2.40 bits per heavy atom. The maximum atomic E-state index is 10.7. The van der Waals surface area contributed by atoms with Gasteiger partial charge >= 0.3 is 5.97 Å². The number of carboxylic acids is 1. The first-order valence-corrected chi connectivity index (χ1v) is 4.49. The van der Waals surface area contributed by atoms with Gasteiger partial charge in [0.25, 0.3) is 0 Å². The van der Waals surface area contributed by atoms with Crippen LogP contribution in [0.15, 0.2) is 24.5 Å². The Labute approximate surface area is 86.1 Å². The average molecular weight is 205 g/mol. The highest BCUT2D eigenvalue weighted by Gasteiger charge is 2.15. The standard InChI is InChI=1S/C10H11N3O2/c1-13-3-2-7-8(13)4-6(5-12-7)9(11)10(14)15/h2-5,9H,11H2,1H3,(H,14,15). The van der Waals surface area contributed by atoms with Crippen molar-refractivity contribution < 1.29 is 9.90 Å². The normalized spacial score (nSPS) is 12.9. The van der Waals surface area contributed by atoms with E-state index >= 15 is 0 Å². The smallest absolute Gasteiger partial charge is 0.325 e. The summed E-state index contributed by atoms with van der Waals surface area (Å²) in [6.45, 7) is 0. The maximum Gasteiger partial charge on any atom is 0.325 e. The minimum atomic E-state index is -1.05. The number of aromatic nitrogens is 2. The number of carbonyl (C=O) groups is 1. The monoisotopic (exact) mass is 205 g/mol. The van der Waals surface area contributed by atoms with Gasteiger partial charge in [-0.2, -0.15) is 0 Å². The Hall–Kier alpha value is -1.88. The van der Waals surface area contributed by atoms with Gasteiger partial charge in [-0.25, -0.2) is 0 Å². The Kier molecular flexibility index (Phi) is 2.17. The number of aryl methyl sites for hydroxylation is 1. The van der Waals surface area contributed by atoms with E-state index in [-0.39, 0.29) is 0 Å². The van der Waals surface area contributed by atoms with Crippen LogP contribution in [-0.4, -0.2) is 20.6 Å². The fraction of sp³-hybridized carbons (Fsp3) is 0.200. The van der Waals surface area contributed by atoms with Gasteiger partial charge in [-0.15, -0.1) is 0 Å². The summed E-state index contributed by atoms with van der Waals surface area (Å²) in [6, 6.07) is 2.60. The van der Waals surface area contributed by atoms with E-state index in [4.69, 9.17) is 10.8 Å². The minimum Gasteiger partial charge on any atom is -0.480 e. The molecular weight excluding hydrogens is 194 g/mol. The average Bonchev–Trinajstić information content (AvgIpc) is 2.59. The molecule has 0 spiro atoms. The third-order valence-corrected chi connectivity index (χ3v) is 2.38. The highest BCUT2D eigenvalue weighted by molar-refractivity contribution is 5.80. The lowest BCUT2D eigenvalue weighted by Gasteiger charge is -2.06. The van der Waals surface area contributed by atoms with Crippen molar-refractivity contribution in [2.45, 2.75) is 6.04 Å². The number of nitrogens with zero attached hydrogens (tertiary/aromatic N) is 2. The summed E-state index contributed by atoms with van der Waals surface area (Å²) in [6.07, 6.45) is 3.37. The molecule has 5 heteroatoms. The zero-order valence-corrected chi connectivity index (χ0v) is 8.21. The molecule has 0 aliphatic rings. The van der Waals surface area contributed by atoms with Crippen molar-refractivity contribution >= 4 is 17.0 Å². The molecule has 2 rings (SSSR count). The highest BCUT2D eigenvalue weighted by Crippen LogP contribution is 2.17. The van der Waals surface area contributed by atoms with Crippen LogP contribution < -0.4 is 5.73 Å². The number of hydrogen-bond acceptors (Lipinski definition) is 3. The summed E-state index contributed by atoms with van der Waals surface area (Å²) in [7, 11) is 1.88. The molecule has 0 saturated heterocycles. The summed E-state index contributed by atoms with van der Waals surface area (Å²) in [5, 5.41) is 8.77. The molecule has 0 amide bonds.